The molecule has 5 nitrogen and oxygen atoms in total. The van der Waals surface area contributed by atoms with Crippen LogP contribution in [-0.2, 0) is 16.1 Å². The smallest absolute Gasteiger partial charge is 0.244 e. The van der Waals surface area contributed by atoms with Gasteiger partial charge in [0.25, 0.3) is 0 Å². The summed E-state index contributed by atoms with van der Waals surface area (Å²) in [5, 5.41) is 1.10. The average Bonchev–Trinajstić information content (AvgIpc) is 3.04. The molecule has 21 heavy (non-hydrogen) atoms. The van der Waals surface area contributed by atoms with Gasteiger partial charge in [-0.15, -0.1) is 0 Å². The fraction of sp³-hybridized carbons (Fsp3) is 0.375. The first-order valence-electron chi connectivity index (χ1n) is 7.13. The number of carbonyl (C=O) groups excluding carboxylic acids is 2. The SMILES string of the molecule is CN(C)C(=O)[C@H]1CCC(=O)N1Cc1c[nH]c2ccccc12. The van der Waals surface area contributed by atoms with Gasteiger partial charge in [-0.1, -0.05) is 18.2 Å². The van der Waals surface area contributed by atoms with Crippen LogP contribution in [0, 0.1) is 0 Å². The third-order valence-corrected chi connectivity index (χ3v) is 4.07. The fourth-order valence-electron chi connectivity index (χ4n) is 2.93. The second-order valence-electron chi connectivity index (χ2n) is 5.67. The van der Waals surface area contributed by atoms with E-state index in [-0.39, 0.29) is 17.9 Å². The summed E-state index contributed by atoms with van der Waals surface area (Å²) in [7, 11) is 3.46. The monoisotopic (exact) mass is 285 g/mol. The van der Waals surface area contributed by atoms with Crippen molar-refractivity contribution in [2.24, 2.45) is 0 Å². The van der Waals surface area contributed by atoms with E-state index in [0.717, 1.165) is 16.5 Å². The van der Waals surface area contributed by atoms with Gasteiger partial charge < -0.3 is 14.8 Å². The predicted molar refractivity (Wildman–Crippen MR) is 80.6 cm³/mol. The number of benzene rings is 1. The number of amides is 2. The topological polar surface area (TPSA) is 56.4 Å². The average molecular weight is 285 g/mol. The van der Waals surface area contributed by atoms with Crippen LogP contribution in [0.2, 0.25) is 0 Å². The van der Waals surface area contributed by atoms with Crippen LogP contribution in [-0.4, -0.2) is 46.7 Å². The molecule has 2 aromatic rings. The molecule has 0 saturated carbocycles. The number of carbonyl (C=O) groups is 2. The molecule has 1 atom stereocenters. The van der Waals surface area contributed by atoms with Gasteiger partial charge in [0, 0.05) is 44.2 Å². The second kappa shape index (κ2) is 5.24. The molecular formula is C16H19N3O2. The molecule has 1 aromatic carbocycles. The molecule has 0 bridgehead atoms. The number of nitrogens with one attached hydrogen (secondary N) is 1. The molecule has 2 heterocycles. The van der Waals surface area contributed by atoms with Gasteiger partial charge in [0.2, 0.25) is 11.8 Å². The van der Waals surface area contributed by atoms with Crippen LogP contribution >= 0.6 is 0 Å². The molecule has 1 aliphatic rings. The molecule has 0 spiro atoms. The van der Waals surface area contributed by atoms with Crippen molar-refractivity contribution in [3.8, 4) is 0 Å². The number of H-pyrrole nitrogens is 1. The van der Waals surface area contributed by atoms with Crippen molar-refractivity contribution in [3.63, 3.8) is 0 Å². The highest BCUT2D eigenvalue weighted by Gasteiger charge is 2.36. The van der Waals surface area contributed by atoms with E-state index in [1.807, 2.05) is 30.5 Å². The molecule has 3 rings (SSSR count). The van der Waals surface area contributed by atoms with Gasteiger partial charge >= 0.3 is 0 Å². The van der Waals surface area contributed by atoms with Gasteiger partial charge in [0.05, 0.1) is 0 Å². The van der Waals surface area contributed by atoms with Crippen LogP contribution in [0.15, 0.2) is 30.5 Å². The Hall–Kier alpha value is -2.30. The maximum atomic E-state index is 12.2. The number of likely N-dealkylation sites (tertiary alicyclic amines) is 1. The quantitative estimate of drug-likeness (QED) is 0.934. The Morgan fingerprint density at radius 3 is 2.90 bits per heavy atom. The van der Waals surface area contributed by atoms with Gasteiger partial charge in [0.15, 0.2) is 0 Å². The van der Waals surface area contributed by atoms with Crippen molar-refractivity contribution >= 4 is 22.7 Å². The zero-order valence-electron chi connectivity index (χ0n) is 12.3. The lowest BCUT2D eigenvalue weighted by molar-refractivity contribution is -0.140. The Morgan fingerprint density at radius 1 is 1.38 bits per heavy atom. The Kier molecular flexibility index (Phi) is 3.41. The highest BCUT2D eigenvalue weighted by Crippen LogP contribution is 2.26. The lowest BCUT2D eigenvalue weighted by Crippen LogP contribution is -2.43. The molecule has 0 aliphatic carbocycles. The standard InChI is InChI=1S/C16H19N3O2/c1-18(2)16(21)14-7-8-15(20)19(14)10-11-9-17-13-6-4-3-5-12(11)13/h3-6,9,14,17H,7-8,10H2,1-2H3/t14-/m1/s1. The lowest BCUT2D eigenvalue weighted by atomic mass is 10.1. The number of fused-ring (bicyclic) bond motifs is 1. The van der Waals surface area contributed by atoms with E-state index < -0.39 is 0 Å². The van der Waals surface area contributed by atoms with Crippen LogP contribution in [0.25, 0.3) is 10.9 Å². The highest BCUT2D eigenvalue weighted by atomic mass is 16.2. The Balaban J connectivity index is 1.88. The first-order chi connectivity index (χ1) is 10.1. The largest absolute Gasteiger partial charge is 0.361 e. The summed E-state index contributed by atoms with van der Waals surface area (Å²) in [6.45, 7) is 0.479. The summed E-state index contributed by atoms with van der Waals surface area (Å²) >= 11 is 0. The van der Waals surface area contributed by atoms with Crippen molar-refractivity contribution in [2.75, 3.05) is 14.1 Å². The molecule has 2 amide bonds. The molecule has 110 valence electrons. The van der Waals surface area contributed by atoms with E-state index in [9.17, 15) is 9.59 Å². The third-order valence-electron chi connectivity index (χ3n) is 4.07. The van der Waals surface area contributed by atoms with Crippen LogP contribution in [0.3, 0.4) is 0 Å². The number of likely N-dealkylation sites (N-methyl/N-ethyl adjacent to an activating group) is 1. The van der Waals surface area contributed by atoms with E-state index in [1.165, 1.54) is 0 Å². The Bertz CT molecular complexity index is 690. The molecule has 1 aromatic heterocycles. The normalized spacial score (nSPS) is 18.5. The maximum absolute atomic E-state index is 12.2. The molecule has 0 unspecified atom stereocenters. The summed E-state index contributed by atoms with van der Waals surface area (Å²) in [5.41, 5.74) is 2.10. The highest BCUT2D eigenvalue weighted by molar-refractivity contribution is 5.91. The van der Waals surface area contributed by atoms with Gasteiger partial charge in [-0.25, -0.2) is 0 Å². The van der Waals surface area contributed by atoms with E-state index in [2.05, 4.69) is 4.98 Å². The fourth-order valence-corrected chi connectivity index (χ4v) is 2.93. The summed E-state index contributed by atoms with van der Waals surface area (Å²) in [6.07, 6.45) is 2.98. The van der Waals surface area contributed by atoms with Crippen molar-refractivity contribution < 1.29 is 9.59 Å². The lowest BCUT2D eigenvalue weighted by Gasteiger charge is -2.26. The van der Waals surface area contributed by atoms with Crippen molar-refractivity contribution in [1.82, 2.24) is 14.8 Å². The zero-order valence-corrected chi connectivity index (χ0v) is 12.3. The summed E-state index contributed by atoms with van der Waals surface area (Å²) in [4.78, 5) is 30.8. The molecule has 1 saturated heterocycles. The molecule has 1 aliphatic heterocycles. The van der Waals surface area contributed by atoms with Gasteiger partial charge in [0.1, 0.15) is 6.04 Å². The Morgan fingerprint density at radius 2 is 2.14 bits per heavy atom. The number of para-hydroxylation sites is 1. The van der Waals surface area contributed by atoms with Crippen molar-refractivity contribution in [2.45, 2.75) is 25.4 Å². The summed E-state index contributed by atoms with van der Waals surface area (Å²) < 4.78 is 0. The van der Waals surface area contributed by atoms with E-state index in [1.54, 1.807) is 23.9 Å². The number of aromatic nitrogens is 1. The van der Waals surface area contributed by atoms with E-state index >= 15 is 0 Å². The van der Waals surface area contributed by atoms with Crippen molar-refractivity contribution in [3.05, 3.63) is 36.0 Å². The molecule has 0 radical (unpaired) electrons. The summed E-state index contributed by atoms with van der Waals surface area (Å²) in [6, 6.07) is 7.66. The van der Waals surface area contributed by atoms with Gasteiger partial charge in [-0.3, -0.25) is 9.59 Å². The first-order valence-corrected chi connectivity index (χ1v) is 7.13. The number of nitrogens with zero attached hydrogens (tertiary/aromatic N) is 2. The molecule has 5 heteroatoms. The van der Waals surface area contributed by atoms with E-state index in [0.29, 0.717) is 19.4 Å². The number of hydrogen-bond acceptors (Lipinski definition) is 2. The van der Waals surface area contributed by atoms with Crippen LogP contribution < -0.4 is 0 Å². The minimum Gasteiger partial charge on any atom is -0.361 e. The molecular weight excluding hydrogens is 266 g/mol. The minimum absolute atomic E-state index is 0.000640. The van der Waals surface area contributed by atoms with Crippen molar-refractivity contribution in [1.29, 1.82) is 0 Å². The third kappa shape index (κ3) is 2.39. The molecule has 1 fully saturated rings. The maximum Gasteiger partial charge on any atom is 0.244 e. The minimum atomic E-state index is -0.332. The van der Waals surface area contributed by atoms with Crippen LogP contribution in [0.5, 0.6) is 0 Å². The number of aromatic amines is 1. The number of hydrogen-bond donors (Lipinski definition) is 1. The predicted octanol–water partition coefficient (Wildman–Crippen LogP) is 1.75. The van der Waals surface area contributed by atoms with Crippen LogP contribution in [0.1, 0.15) is 18.4 Å². The summed E-state index contributed by atoms with van der Waals surface area (Å²) in [5.74, 6) is 0.0566. The van der Waals surface area contributed by atoms with Crippen LogP contribution in [0.4, 0.5) is 0 Å². The first kappa shape index (κ1) is 13.7. The van der Waals surface area contributed by atoms with Gasteiger partial charge in [-0.2, -0.15) is 0 Å². The van der Waals surface area contributed by atoms with Gasteiger partial charge in [-0.05, 0) is 18.1 Å². The molecule has 1 N–H and O–H groups in total. The number of rotatable bonds is 3. The second-order valence-corrected chi connectivity index (χ2v) is 5.67. The Labute approximate surface area is 123 Å². The zero-order chi connectivity index (χ0) is 15.0. The van der Waals surface area contributed by atoms with E-state index in [4.69, 9.17) is 0 Å².